The largest absolute Gasteiger partial charge is 0.444 e. The van der Waals surface area contributed by atoms with Crippen LogP contribution in [0.2, 0.25) is 0 Å². The van der Waals surface area contributed by atoms with Crippen LogP contribution in [0.4, 0.5) is 4.79 Å². The molecule has 1 aliphatic heterocycles. The second kappa shape index (κ2) is 4.39. The van der Waals surface area contributed by atoms with Gasteiger partial charge >= 0.3 is 6.09 Å². The van der Waals surface area contributed by atoms with E-state index in [4.69, 9.17) is 4.74 Å². The number of likely N-dealkylation sites (tertiary alicyclic amines) is 1. The average molecular weight is 215 g/mol. The topological polar surface area (TPSA) is 49.8 Å². The molecule has 0 spiro atoms. The molecule has 0 aromatic rings. The molecule has 0 aromatic heterocycles. The van der Waals surface area contributed by atoms with Gasteiger partial charge in [0.1, 0.15) is 5.60 Å². The minimum Gasteiger partial charge on any atom is -0.444 e. The fourth-order valence-electron chi connectivity index (χ4n) is 1.74. The summed E-state index contributed by atoms with van der Waals surface area (Å²) in [7, 11) is 0. The molecule has 15 heavy (non-hydrogen) atoms. The highest BCUT2D eigenvalue weighted by Gasteiger charge is 2.30. The quantitative estimate of drug-likeness (QED) is 0.670. The van der Waals surface area contributed by atoms with Crippen molar-refractivity contribution in [3.63, 3.8) is 0 Å². The van der Waals surface area contributed by atoms with E-state index < -0.39 is 5.60 Å². The van der Waals surface area contributed by atoms with Crippen molar-refractivity contribution in [3.05, 3.63) is 0 Å². The van der Waals surface area contributed by atoms with Gasteiger partial charge in [-0.25, -0.2) is 4.79 Å². The van der Waals surface area contributed by atoms with Gasteiger partial charge in [0.2, 0.25) is 0 Å². The molecule has 1 amide bonds. The lowest BCUT2D eigenvalue weighted by Gasteiger charge is -2.36. The number of nitrogens with zero attached hydrogens (tertiary/aromatic N) is 1. The maximum atomic E-state index is 11.8. The molecule has 1 heterocycles. The van der Waals surface area contributed by atoms with Gasteiger partial charge in [-0.2, -0.15) is 0 Å². The third-order valence-corrected chi connectivity index (χ3v) is 2.48. The highest BCUT2D eigenvalue weighted by atomic mass is 16.6. The Kier molecular flexibility index (Phi) is 3.60. The molecule has 4 nitrogen and oxygen atoms in total. The third-order valence-electron chi connectivity index (χ3n) is 2.48. The zero-order valence-corrected chi connectivity index (χ0v) is 9.99. The van der Waals surface area contributed by atoms with Crippen LogP contribution in [0.15, 0.2) is 0 Å². The van der Waals surface area contributed by atoms with Crippen molar-refractivity contribution in [2.45, 2.75) is 58.3 Å². The van der Waals surface area contributed by atoms with Gasteiger partial charge in [0.05, 0.1) is 6.10 Å². The fourth-order valence-corrected chi connectivity index (χ4v) is 1.74. The van der Waals surface area contributed by atoms with E-state index >= 15 is 0 Å². The third kappa shape index (κ3) is 3.70. The number of aliphatic hydroxyl groups is 1. The number of amides is 1. The molecule has 1 aliphatic rings. The summed E-state index contributed by atoms with van der Waals surface area (Å²) >= 11 is 0. The number of hydrogen-bond donors (Lipinski definition) is 1. The maximum Gasteiger partial charge on any atom is 0.410 e. The van der Waals surface area contributed by atoms with E-state index in [1.807, 2.05) is 27.7 Å². The molecule has 0 radical (unpaired) electrons. The summed E-state index contributed by atoms with van der Waals surface area (Å²) in [6.45, 7) is 8.08. The van der Waals surface area contributed by atoms with Crippen LogP contribution in [0.3, 0.4) is 0 Å². The standard InChI is InChI=1S/C11H21NO3/c1-8-7-9(13)5-6-12(8)10(14)15-11(2,3)4/h8-9,13H,5-7H2,1-4H3/t8?,9-/m1/s1. The lowest BCUT2D eigenvalue weighted by Crippen LogP contribution is -2.47. The van der Waals surface area contributed by atoms with Crippen LogP contribution in [-0.2, 0) is 4.74 Å². The first-order valence-electron chi connectivity index (χ1n) is 5.47. The molecule has 0 aliphatic carbocycles. The first-order valence-corrected chi connectivity index (χ1v) is 5.47. The van der Waals surface area contributed by atoms with Crippen LogP contribution in [0.1, 0.15) is 40.5 Å². The summed E-state index contributed by atoms with van der Waals surface area (Å²) in [5.74, 6) is 0. The van der Waals surface area contributed by atoms with Crippen LogP contribution >= 0.6 is 0 Å². The normalized spacial score (nSPS) is 27.7. The van der Waals surface area contributed by atoms with E-state index in [0.717, 1.165) is 0 Å². The molecule has 1 rings (SSSR count). The Bertz CT molecular complexity index is 234. The number of ether oxygens (including phenoxy) is 1. The van der Waals surface area contributed by atoms with E-state index in [1.165, 1.54) is 0 Å². The van der Waals surface area contributed by atoms with Gasteiger partial charge < -0.3 is 14.7 Å². The minimum absolute atomic E-state index is 0.0589. The summed E-state index contributed by atoms with van der Waals surface area (Å²) in [6, 6.07) is 0.0589. The number of carbonyl (C=O) groups excluding carboxylic acids is 1. The molecular formula is C11H21NO3. The summed E-state index contributed by atoms with van der Waals surface area (Å²) in [5, 5.41) is 9.43. The van der Waals surface area contributed by atoms with Gasteiger partial charge in [0.15, 0.2) is 0 Å². The maximum absolute atomic E-state index is 11.8. The van der Waals surface area contributed by atoms with Crippen LogP contribution in [0, 0.1) is 0 Å². The molecule has 1 saturated heterocycles. The molecule has 1 unspecified atom stereocenters. The van der Waals surface area contributed by atoms with Crippen molar-refractivity contribution in [3.8, 4) is 0 Å². The van der Waals surface area contributed by atoms with Gasteiger partial charge in [-0.05, 0) is 40.5 Å². The molecule has 2 atom stereocenters. The van der Waals surface area contributed by atoms with Crippen molar-refractivity contribution in [2.24, 2.45) is 0 Å². The van der Waals surface area contributed by atoms with Crippen LogP contribution in [-0.4, -0.2) is 40.4 Å². The molecule has 4 heteroatoms. The summed E-state index contributed by atoms with van der Waals surface area (Å²) in [6.07, 6.45) is 0.726. The smallest absolute Gasteiger partial charge is 0.410 e. The SMILES string of the molecule is CC1C[C@H](O)CCN1C(=O)OC(C)(C)C. The molecule has 0 saturated carbocycles. The first-order chi connectivity index (χ1) is 6.79. The van der Waals surface area contributed by atoms with E-state index in [-0.39, 0.29) is 18.2 Å². The summed E-state index contributed by atoms with van der Waals surface area (Å²) in [4.78, 5) is 13.4. The molecule has 0 bridgehead atoms. The Balaban J connectivity index is 2.53. The highest BCUT2D eigenvalue weighted by molar-refractivity contribution is 5.68. The lowest BCUT2D eigenvalue weighted by molar-refractivity contribution is -0.00456. The van der Waals surface area contributed by atoms with Gasteiger partial charge in [-0.3, -0.25) is 0 Å². The van der Waals surface area contributed by atoms with Crippen molar-refractivity contribution in [2.75, 3.05) is 6.54 Å². The van der Waals surface area contributed by atoms with Gasteiger partial charge in [-0.15, -0.1) is 0 Å². The number of carbonyl (C=O) groups is 1. The monoisotopic (exact) mass is 215 g/mol. The molecule has 0 aromatic carbocycles. The van der Waals surface area contributed by atoms with Crippen molar-refractivity contribution in [1.29, 1.82) is 0 Å². The number of aliphatic hydroxyl groups excluding tert-OH is 1. The predicted octanol–water partition coefficient (Wildman–Crippen LogP) is 1.77. The Morgan fingerprint density at radius 1 is 1.47 bits per heavy atom. The summed E-state index contributed by atoms with van der Waals surface area (Å²) < 4.78 is 5.29. The zero-order valence-electron chi connectivity index (χ0n) is 9.99. The Hall–Kier alpha value is -0.770. The summed E-state index contributed by atoms with van der Waals surface area (Å²) in [5.41, 5.74) is -0.452. The Morgan fingerprint density at radius 3 is 2.53 bits per heavy atom. The van der Waals surface area contributed by atoms with Crippen molar-refractivity contribution >= 4 is 6.09 Å². The molecule has 1 N–H and O–H groups in total. The average Bonchev–Trinajstić information content (AvgIpc) is 1.99. The van der Waals surface area contributed by atoms with Crippen LogP contribution in [0.5, 0.6) is 0 Å². The Morgan fingerprint density at radius 2 is 2.07 bits per heavy atom. The second-order valence-electron chi connectivity index (χ2n) is 5.20. The molecule has 1 fully saturated rings. The van der Waals surface area contributed by atoms with E-state index in [9.17, 15) is 9.90 Å². The first kappa shape index (κ1) is 12.3. The van der Waals surface area contributed by atoms with Gasteiger partial charge in [-0.1, -0.05) is 0 Å². The van der Waals surface area contributed by atoms with Gasteiger partial charge in [0, 0.05) is 12.6 Å². The van der Waals surface area contributed by atoms with E-state index in [2.05, 4.69) is 0 Å². The predicted molar refractivity (Wildman–Crippen MR) is 57.6 cm³/mol. The van der Waals surface area contributed by atoms with Crippen molar-refractivity contribution < 1.29 is 14.6 Å². The fraction of sp³-hybridized carbons (Fsp3) is 0.909. The van der Waals surface area contributed by atoms with E-state index in [1.54, 1.807) is 4.90 Å². The van der Waals surface area contributed by atoms with Crippen LogP contribution in [0.25, 0.3) is 0 Å². The Labute approximate surface area is 91.2 Å². The van der Waals surface area contributed by atoms with Gasteiger partial charge in [0.25, 0.3) is 0 Å². The number of rotatable bonds is 0. The molecule has 88 valence electrons. The lowest BCUT2D eigenvalue weighted by atomic mass is 10.0. The minimum atomic E-state index is -0.452. The van der Waals surface area contributed by atoms with E-state index in [0.29, 0.717) is 19.4 Å². The van der Waals surface area contributed by atoms with Crippen molar-refractivity contribution in [1.82, 2.24) is 4.90 Å². The second-order valence-corrected chi connectivity index (χ2v) is 5.20. The van der Waals surface area contributed by atoms with Crippen LogP contribution < -0.4 is 0 Å². The number of piperidine rings is 1. The highest BCUT2D eigenvalue weighted by Crippen LogP contribution is 2.20. The molecular weight excluding hydrogens is 194 g/mol. The zero-order chi connectivity index (χ0) is 11.6. The number of hydrogen-bond acceptors (Lipinski definition) is 3.